The Morgan fingerprint density at radius 2 is 1.78 bits per heavy atom. The average molecular weight is 340 g/mol. The lowest BCUT2D eigenvalue weighted by molar-refractivity contribution is -0.135. The van der Waals surface area contributed by atoms with E-state index < -0.39 is 10.0 Å². The molecule has 0 N–H and O–H groups in total. The van der Waals surface area contributed by atoms with Gasteiger partial charge in [-0.15, -0.1) is 0 Å². The highest BCUT2D eigenvalue weighted by Gasteiger charge is 2.35. The fourth-order valence-corrected chi connectivity index (χ4v) is 4.82. The molecule has 128 valence electrons. The molecule has 2 aliphatic heterocycles. The van der Waals surface area contributed by atoms with Crippen LogP contribution >= 0.6 is 0 Å². The predicted octanol–water partition coefficient (Wildman–Crippen LogP) is 0.752. The quantitative estimate of drug-likeness (QED) is 0.814. The van der Waals surface area contributed by atoms with Crippen molar-refractivity contribution < 1.29 is 13.2 Å². The van der Waals surface area contributed by atoms with E-state index in [9.17, 15) is 13.2 Å². The number of likely N-dealkylation sites (tertiary alicyclic amines) is 1. The van der Waals surface area contributed by atoms with Crippen molar-refractivity contribution >= 4 is 15.9 Å². The van der Waals surface area contributed by atoms with Crippen LogP contribution in [0.2, 0.25) is 0 Å². The number of aryl methyl sites for hydroxylation is 2. The molecule has 1 amide bonds. The SMILES string of the molecule is Cc1nc(S(=O)(=O)N2CCC(C(=O)N3CCCC3)CC2)cn1C. The first-order chi connectivity index (χ1) is 10.9. The molecule has 2 fully saturated rings. The van der Waals surface area contributed by atoms with Crippen molar-refractivity contribution in [2.75, 3.05) is 26.2 Å². The number of carbonyl (C=O) groups excluding carboxylic acids is 1. The number of hydrogen-bond donors (Lipinski definition) is 0. The number of carbonyl (C=O) groups is 1. The Bertz CT molecular complexity index is 664. The largest absolute Gasteiger partial charge is 0.342 e. The molecule has 8 heteroatoms. The summed E-state index contributed by atoms with van der Waals surface area (Å²) in [6.45, 7) is 4.26. The van der Waals surface area contributed by atoms with Gasteiger partial charge in [0.05, 0.1) is 0 Å². The molecule has 1 aromatic rings. The van der Waals surface area contributed by atoms with Crippen LogP contribution < -0.4 is 0 Å². The second kappa shape index (κ2) is 6.24. The minimum atomic E-state index is -3.56. The van der Waals surface area contributed by atoms with E-state index in [1.54, 1.807) is 24.7 Å². The van der Waals surface area contributed by atoms with Gasteiger partial charge < -0.3 is 9.47 Å². The molecule has 1 aromatic heterocycles. The second-order valence-electron chi connectivity index (χ2n) is 6.45. The molecular formula is C15H24N4O3S. The Kier molecular flexibility index (Phi) is 4.46. The first-order valence-corrected chi connectivity index (χ1v) is 9.62. The number of rotatable bonds is 3. The van der Waals surface area contributed by atoms with E-state index in [1.807, 2.05) is 4.90 Å². The molecule has 0 bridgehead atoms. The lowest BCUT2D eigenvalue weighted by Crippen LogP contribution is -2.43. The van der Waals surface area contributed by atoms with Crippen molar-refractivity contribution in [2.24, 2.45) is 13.0 Å². The number of aromatic nitrogens is 2. The fourth-order valence-electron chi connectivity index (χ4n) is 3.32. The van der Waals surface area contributed by atoms with E-state index in [0.717, 1.165) is 25.9 Å². The lowest BCUT2D eigenvalue weighted by Gasteiger charge is -2.32. The number of imidazole rings is 1. The Morgan fingerprint density at radius 1 is 1.17 bits per heavy atom. The van der Waals surface area contributed by atoms with E-state index in [-0.39, 0.29) is 16.9 Å². The molecule has 0 atom stereocenters. The molecule has 3 heterocycles. The Morgan fingerprint density at radius 3 is 2.30 bits per heavy atom. The van der Waals surface area contributed by atoms with Crippen LogP contribution in [-0.4, -0.2) is 59.3 Å². The minimum Gasteiger partial charge on any atom is -0.342 e. The van der Waals surface area contributed by atoms with Crippen LogP contribution in [0.3, 0.4) is 0 Å². The zero-order valence-corrected chi connectivity index (χ0v) is 14.5. The number of sulfonamides is 1. The maximum Gasteiger partial charge on any atom is 0.262 e. The van der Waals surface area contributed by atoms with Crippen molar-refractivity contribution in [3.63, 3.8) is 0 Å². The summed E-state index contributed by atoms with van der Waals surface area (Å²) < 4.78 is 28.4. The number of piperidine rings is 1. The summed E-state index contributed by atoms with van der Waals surface area (Å²) in [5.41, 5.74) is 0. The molecule has 3 rings (SSSR count). The van der Waals surface area contributed by atoms with Gasteiger partial charge in [-0.1, -0.05) is 0 Å². The Labute approximate surface area is 137 Å². The molecule has 0 radical (unpaired) electrons. The topological polar surface area (TPSA) is 75.5 Å². The average Bonchev–Trinajstić information content (AvgIpc) is 3.18. The van der Waals surface area contributed by atoms with Crippen molar-refractivity contribution in [2.45, 2.75) is 37.6 Å². The van der Waals surface area contributed by atoms with Gasteiger partial charge in [-0.3, -0.25) is 4.79 Å². The molecule has 2 aliphatic rings. The van der Waals surface area contributed by atoms with E-state index in [1.165, 1.54) is 4.31 Å². The summed E-state index contributed by atoms with van der Waals surface area (Å²) in [7, 11) is -1.78. The van der Waals surface area contributed by atoms with Crippen LogP contribution in [0, 0.1) is 12.8 Å². The molecule has 0 aromatic carbocycles. The lowest BCUT2D eigenvalue weighted by atomic mass is 9.97. The van der Waals surface area contributed by atoms with Gasteiger partial charge in [-0.2, -0.15) is 4.31 Å². The Balaban J connectivity index is 1.65. The first-order valence-electron chi connectivity index (χ1n) is 8.18. The third-order valence-electron chi connectivity index (χ3n) is 4.91. The molecule has 0 aliphatic carbocycles. The molecule has 23 heavy (non-hydrogen) atoms. The molecule has 2 saturated heterocycles. The first kappa shape index (κ1) is 16.4. The second-order valence-corrected chi connectivity index (χ2v) is 8.33. The maximum absolute atomic E-state index is 12.6. The van der Waals surface area contributed by atoms with E-state index in [0.29, 0.717) is 31.8 Å². The molecule has 0 saturated carbocycles. The normalized spacial score (nSPS) is 21.0. The van der Waals surface area contributed by atoms with E-state index in [4.69, 9.17) is 0 Å². The van der Waals surface area contributed by atoms with Gasteiger partial charge in [-0.25, -0.2) is 13.4 Å². The van der Waals surface area contributed by atoms with Crippen LogP contribution in [0.25, 0.3) is 0 Å². The van der Waals surface area contributed by atoms with Gasteiger partial charge in [0.25, 0.3) is 10.0 Å². The van der Waals surface area contributed by atoms with E-state index in [2.05, 4.69) is 4.98 Å². The maximum atomic E-state index is 12.6. The summed E-state index contributed by atoms with van der Waals surface area (Å²) in [6.07, 6.45) is 4.91. The van der Waals surface area contributed by atoms with Crippen molar-refractivity contribution in [3.8, 4) is 0 Å². The highest BCUT2D eigenvalue weighted by atomic mass is 32.2. The zero-order chi connectivity index (χ0) is 16.6. The number of amides is 1. The molecule has 0 spiro atoms. The van der Waals surface area contributed by atoms with Crippen LogP contribution in [-0.2, 0) is 21.9 Å². The van der Waals surface area contributed by atoms with E-state index >= 15 is 0 Å². The molecule has 0 unspecified atom stereocenters. The van der Waals surface area contributed by atoms with Gasteiger partial charge in [0.2, 0.25) is 5.91 Å². The van der Waals surface area contributed by atoms with Gasteiger partial charge >= 0.3 is 0 Å². The zero-order valence-electron chi connectivity index (χ0n) is 13.7. The summed E-state index contributed by atoms with van der Waals surface area (Å²) in [4.78, 5) is 18.5. The molecular weight excluding hydrogens is 316 g/mol. The van der Waals surface area contributed by atoms with Crippen LogP contribution in [0.5, 0.6) is 0 Å². The van der Waals surface area contributed by atoms with Crippen LogP contribution in [0.15, 0.2) is 11.2 Å². The monoisotopic (exact) mass is 340 g/mol. The number of hydrogen-bond acceptors (Lipinski definition) is 4. The van der Waals surface area contributed by atoms with Crippen LogP contribution in [0.4, 0.5) is 0 Å². The minimum absolute atomic E-state index is 0.0370. The predicted molar refractivity (Wildman–Crippen MR) is 85.2 cm³/mol. The summed E-state index contributed by atoms with van der Waals surface area (Å²) in [5.74, 6) is 0.834. The summed E-state index contributed by atoms with van der Waals surface area (Å²) in [5, 5.41) is 0.0989. The Hall–Kier alpha value is -1.41. The highest BCUT2D eigenvalue weighted by Crippen LogP contribution is 2.25. The third-order valence-corrected chi connectivity index (χ3v) is 6.68. The van der Waals surface area contributed by atoms with Crippen molar-refractivity contribution in [1.29, 1.82) is 0 Å². The third kappa shape index (κ3) is 3.14. The highest BCUT2D eigenvalue weighted by molar-refractivity contribution is 7.89. The number of nitrogens with zero attached hydrogens (tertiary/aromatic N) is 4. The van der Waals surface area contributed by atoms with Crippen LogP contribution in [0.1, 0.15) is 31.5 Å². The standard InChI is InChI=1S/C15H24N4O3S/c1-12-16-14(11-17(12)2)23(21,22)19-9-5-13(6-10-19)15(20)18-7-3-4-8-18/h11,13H,3-10H2,1-2H3. The summed E-state index contributed by atoms with van der Waals surface area (Å²) >= 11 is 0. The fraction of sp³-hybridized carbons (Fsp3) is 0.733. The van der Waals surface area contributed by atoms with Crippen molar-refractivity contribution in [1.82, 2.24) is 18.8 Å². The van der Waals surface area contributed by atoms with Crippen molar-refractivity contribution in [3.05, 3.63) is 12.0 Å². The smallest absolute Gasteiger partial charge is 0.262 e. The van der Waals surface area contributed by atoms with Gasteiger partial charge in [0.15, 0.2) is 5.03 Å². The van der Waals surface area contributed by atoms with Gasteiger partial charge in [0, 0.05) is 45.3 Å². The molecule has 7 nitrogen and oxygen atoms in total. The summed E-state index contributed by atoms with van der Waals surface area (Å²) in [6, 6.07) is 0. The van der Waals surface area contributed by atoms with Gasteiger partial charge in [0.1, 0.15) is 5.82 Å². The van der Waals surface area contributed by atoms with Gasteiger partial charge in [-0.05, 0) is 32.6 Å².